The highest BCUT2D eigenvalue weighted by atomic mass is 35.5. The van der Waals surface area contributed by atoms with Crippen LogP contribution in [-0.2, 0) is 22.5 Å². The molecule has 8 heteroatoms. The molecule has 0 radical (unpaired) electrons. The van der Waals surface area contributed by atoms with Crippen LogP contribution in [0.15, 0.2) is 47.3 Å². The van der Waals surface area contributed by atoms with E-state index in [-0.39, 0.29) is 17.9 Å². The molecule has 1 N–H and O–H groups in total. The third-order valence-electron chi connectivity index (χ3n) is 9.20. The van der Waals surface area contributed by atoms with Crippen LogP contribution in [-0.4, -0.2) is 28.0 Å². The van der Waals surface area contributed by atoms with Crippen molar-refractivity contribution >= 4 is 40.1 Å². The van der Waals surface area contributed by atoms with Crippen molar-refractivity contribution in [2.24, 2.45) is 0 Å². The number of hydrogen-bond donors (Lipinski definition) is 1. The van der Waals surface area contributed by atoms with Gasteiger partial charge in [0.1, 0.15) is 5.82 Å². The number of halogens is 1. The van der Waals surface area contributed by atoms with E-state index in [4.69, 9.17) is 21.3 Å². The van der Waals surface area contributed by atoms with E-state index in [0.29, 0.717) is 46.2 Å². The van der Waals surface area contributed by atoms with Gasteiger partial charge in [0.25, 0.3) is 5.56 Å². The van der Waals surface area contributed by atoms with Crippen molar-refractivity contribution in [2.45, 2.75) is 155 Å². The third-order valence-corrected chi connectivity index (χ3v) is 9.53. The van der Waals surface area contributed by atoms with Crippen molar-refractivity contribution in [3.05, 3.63) is 69.2 Å². The number of fused-ring (bicyclic) bond motifs is 1. The second-order valence-electron chi connectivity index (χ2n) is 13.4. The quantitative estimate of drug-likeness (QED) is 0.0667. The minimum absolute atomic E-state index is 0.0957. The first-order valence-corrected chi connectivity index (χ1v) is 19.6. The Labute approximate surface area is 299 Å². The van der Waals surface area contributed by atoms with Crippen molar-refractivity contribution < 1.29 is 14.3 Å². The maximum atomic E-state index is 13.5. The summed E-state index contributed by atoms with van der Waals surface area (Å²) in [6.07, 6.45) is 24.0. The monoisotopic (exact) mass is 693 g/mol. The summed E-state index contributed by atoms with van der Waals surface area (Å²) in [6.45, 7) is 5.35. The summed E-state index contributed by atoms with van der Waals surface area (Å²) in [5.74, 6) is -0.387. The van der Waals surface area contributed by atoms with Crippen molar-refractivity contribution in [3.8, 4) is 0 Å². The molecule has 0 aliphatic heterocycles. The first kappa shape index (κ1) is 40.2. The predicted octanol–water partition coefficient (Wildman–Crippen LogP) is 11.2. The van der Waals surface area contributed by atoms with E-state index in [1.165, 1.54) is 89.9 Å². The van der Waals surface area contributed by atoms with Crippen LogP contribution in [0.5, 0.6) is 0 Å². The molecule has 0 spiro atoms. The SMILES string of the molecule is CCCCCCCCCCCCOC(=O)c1ccc(Cl)c(NC(=O)Cc2nc3ccccc3c(=O)n2CCCCCCCCCCCC)c1. The predicted molar refractivity (Wildman–Crippen MR) is 204 cm³/mol. The number of rotatable bonds is 26. The maximum Gasteiger partial charge on any atom is 0.338 e. The second-order valence-corrected chi connectivity index (χ2v) is 13.8. The van der Waals surface area contributed by atoms with Gasteiger partial charge in [-0.15, -0.1) is 0 Å². The molecule has 1 heterocycles. The summed E-state index contributed by atoms with van der Waals surface area (Å²) >= 11 is 6.42. The maximum absolute atomic E-state index is 13.5. The first-order valence-electron chi connectivity index (χ1n) is 19.2. The van der Waals surface area contributed by atoms with Crippen molar-refractivity contribution in [2.75, 3.05) is 11.9 Å². The number of ether oxygens (including phenoxy) is 1. The molecule has 270 valence electrons. The Balaban J connectivity index is 1.51. The average molecular weight is 694 g/mol. The van der Waals surface area contributed by atoms with E-state index in [9.17, 15) is 14.4 Å². The number of amides is 1. The molecule has 1 amide bonds. The van der Waals surface area contributed by atoms with Gasteiger partial charge in [-0.2, -0.15) is 0 Å². The summed E-state index contributed by atoms with van der Waals surface area (Å²) < 4.78 is 7.16. The van der Waals surface area contributed by atoms with Crippen LogP contribution < -0.4 is 10.9 Å². The van der Waals surface area contributed by atoms with Gasteiger partial charge in [-0.1, -0.05) is 153 Å². The highest BCUT2D eigenvalue weighted by Gasteiger charge is 2.17. The van der Waals surface area contributed by atoms with Gasteiger partial charge in [0.2, 0.25) is 5.91 Å². The number of nitrogens with one attached hydrogen (secondary N) is 1. The molecule has 7 nitrogen and oxygen atoms in total. The second kappa shape index (κ2) is 24.0. The zero-order valence-electron chi connectivity index (χ0n) is 30.2. The fourth-order valence-corrected chi connectivity index (χ4v) is 6.43. The summed E-state index contributed by atoms with van der Waals surface area (Å²) in [6, 6.07) is 12.0. The molecule has 3 rings (SSSR count). The molecular weight excluding hydrogens is 634 g/mol. The van der Waals surface area contributed by atoms with Gasteiger partial charge in [-0.25, -0.2) is 9.78 Å². The molecule has 0 saturated carbocycles. The number of nitrogens with zero attached hydrogens (tertiary/aromatic N) is 2. The number of anilines is 1. The normalized spacial score (nSPS) is 11.2. The average Bonchev–Trinajstić information content (AvgIpc) is 3.10. The number of esters is 1. The number of para-hydroxylation sites is 1. The highest BCUT2D eigenvalue weighted by Crippen LogP contribution is 2.24. The molecule has 0 fully saturated rings. The minimum atomic E-state index is -0.440. The van der Waals surface area contributed by atoms with Crippen LogP contribution in [0.25, 0.3) is 10.9 Å². The number of carbonyl (C=O) groups is 2. The van der Waals surface area contributed by atoms with Crippen LogP contribution >= 0.6 is 11.6 Å². The third kappa shape index (κ3) is 15.1. The molecule has 0 atom stereocenters. The standard InChI is InChI=1S/C41H60ClN3O4/c1-3-5-7-9-11-13-15-17-19-23-29-45-38(43-36-26-22-21-25-34(36)40(45)47)32-39(46)44-37-31-33(27-28-35(37)42)41(48)49-30-24-20-18-16-14-12-10-8-6-4-2/h21-22,25-28,31H,3-20,23-24,29-30,32H2,1-2H3,(H,44,46). The molecule has 49 heavy (non-hydrogen) atoms. The Morgan fingerprint density at radius 3 is 1.90 bits per heavy atom. The fraction of sp³-hybridized carbons (Fsp3) is 0.610. The van der Waals surface area contributed by atoms with Gasteiger partial charge in [0.05, 0.1) is 40.2 Å². The fourth-order valence-electron chi connectivity index (χ4n) is 6.26. The Bertz CT molecular complexity index is 1470. The number of unbranched alkanes of at least 4 members (excludes halogenated alkanes) is 18. The molecular formula is C41H60ClN3O4. The Hall–Kier alpha value is -3.19. The number of aromatic nitrogens is 2. The number of hydrogen-bond acceptors (Lipinski definition) is 5. The Kier molecular flexibility index (Phi) is 19.7. The number of benzene rings is 2. The Morgan fingerprint density at radius 2 is 1.29 bits per heavy atom. The largest absolute Gasteiger partial charge is 0.462 e. The van der Waals surface area contributed by atoms with Crippen LogP contribution in [0, 0.1) is 0 Å². The zero-order chi connectivity index (χ0) is 35.1. The smallest absolute Gasteiger partial charge is 0.338 e. The van der Waals surface area contributed by atoms with E-state index in [1.54, 1.807) is 34.9 Å². The lowest BCUT2D eigenvalue weighted by atomic mass is 10.1. The lowest BCUT2D eigenvalue weighted by Crippen LogP contribution is -2.28. The molecule has 0 aliphatic carbocycles. The van der Waals surface area contributed by atoms with Crippen LogP contribution in [0.1, 0.15) is 158 Å². The Morgan fingerprint density at radius 1 is 0.735 bits per heavy atom. The van der Waals surface area contributed by atoms with Gasteiger partial charge in [0, 0.05) is 6.54 Å². The summed E-state index contributed by atoms with van der Waals surface area (Å²) in [4.78, 5) is 44.3. The molecule has 0 unspecified atom stereocenters. The van der Waals surface area contributed by atoms with Gasteiger partial charge < -0.3 is 10.1 Å². The molecule has 3 aromatic rings. The summed E-state index contributed by atoms with van der Waals surface area (Å²) in [5.41, 5.74) is 1.09. The van der Waals surface area contributed by atoms with Gasteiger partial charge in [-0.3, -0.25) is 14.2 Å². The van der Waals surface area contributed by atoms with Crippen molar-refractivity contribution in [1.82, 2.24) is 9.55 Å². The highest BCUT2D eigenvalue weighted by molar-refractivity contribution is 6.33. The lowest BCUT2D eigenvalue weighted by Gasteiger charge is -2.14. The molecule has 2 aromatic carbocycles. The topological polar surface area (TPSA) is 90.3 Å². The zero-order valence-corrected chi connectivity index (χ0v) is 31.0. The molecule has 0 aliphatic rings. The number of carbonyl (C=O) groups excluding carboxylic acids is 2. The van der Waals surface area contributed by atoms with E-state index in [1.807, 2.05) is 12.1 Å². The van der Waals surface area contributed by atoms with E-state index in [0.717, 1.165) is 38.5 Å². The van der Waals surface area contributed by atoms with E-state index < -0.39 is 5.97 Å². The molecule has 0 saturated heterocycles. The lowest BCUT2D eigenvalue weighted by molar-refractivity contribution is -0.115. The van der Waals surface area contributed by atoms with Crippen LogP contribution in [0.2, 0.25) is 5.02 Å². The van der Waals surface area contributed by atoms with E-state index >= 15 is 0 Å². The first-order chi connectivity index (χ1) is 23.9. The van der Waals surface area contributed by atoms with E-state index in [2.05, 4.69) is 19.2 Å². The minimum Gasteiger partial charge on any atom is -0.462 e. The summed E-state index contributed by atoms with van der Waals surface area (Å²) in [5, 5.41) is 3.70. The van der Waals surface area contributed by atoms with Gasteiger partial charge >= 0.3 is 5.97 Å². The van der Waals surface area contributed by atoms with Crippen molar-refractivity contribution in [3.63, 3.8) is 0 Å². The summed E-state index contributed by atoms with van der Waals surface area (Å²) in [7, 11) is 0. The molecule has 1 aromatic heterocycles. The molecule has 0 bridgehead atoms. The van der Waals surface area contributed by atoms with Gasteiger partial charge in [0.15, 0.2) is 0 Å². The van der Waals surface area contributed by atoms with Gasteiger partial charge in [-0.05, 0) is 43.2 Å². The van der Waals surface area contributed by atoms with Crippen molar-refractivity contribution in [1.29, 1.82) is 0 Å². The van der Waals surface area contributed by atoms with Crippen LogP contribution in [0.4, 0.5) is 5.69 Å². The van der Waals surface area contributed by atoms with Crippen LogP contribution in [0.3, 0.4) is 0 Å².